The summed E-state index contributed by atoms with van der Waals surface area (Å²) in [5, 5.41) is 15.5. The summed E-state index contributed by atoms with van der Waals surface area (Å²) >= 11 is 0. The van der Waals surface area contributed by atoms with Gasteiger partial charge in [-0.15, -0.1) is 0 Å². The molecule has 0 aliphatic carbocycles. The van der Waals surface area contributed by atoms with Gasteiger partial charge in [0.2, 0.25) is 0 Å². The van der Waals surface area contributed by atoms with Crippen molar-refractivity contribution in [2.75, 3.05) is 6.61 Å². The maximum absolute atomic E-state index is 9.77. The Labute approximate surface area is 44.5 Å². The van der Waals surface area contributed by atoms with Crippen molar-refractivity contribution < 1.29 is 24.5 Å². The first-order valence-corrected chi connectivity index (χ1v) is 1.71. The van der Waals surface area contributed by atoms with Gasteiger partial charge >= 0.3 is 12.1 Å². The second-order valence-electron chi connectivity index (χ2n) is 0.898. The monoisotopic (exact) mass is 120 g/mol. The molecule has 0 unspecified atom stereocenters. The van der Waals surface area contributed by atoms with Crippen LogP contribution in [-0.2, 0) is 9.53 Å². The van der Waals surface area contributed by atoms with Gasteiger partial charge in [0.25, 0.3) is 0 Å². The average molecular weight is 120 g/mol. The number of hydrogen-bond donors (Lipinski definition) is 2. The van der Waals surface area contributed by atoms with E-state index < -0.39 is 18.7 Å². The van der Waals surface area contributed by atoms with Gasteiger partial charge in [-0.3, -0.25) is 0 Å². The van der Waals surface area contributed by atoms with Gasteiger partial charge in [-0.2, -0.15) is 0 Å². The molecule has 5 heteroatoms. The van der Waals surface area contributed by atoms with Crippen molar-refractivity contribution in [3.8, 4) is 0 Å². The molecule has 0 atom stereocenters. The van der Waals surface area contributed by atoms with E-state index in [1.54, 1.807) is 0 Å². The topological polar surface area (TPSA) is 83.8 Å². The zero-order valence-electron chi connectivity index (χ0n) is 3.83. The largest absolute Gasteiger partial charge is 0.513 e. The van der Waals surface area contributed by atoms with Crippen LogP contribution >= 0.6 is 0 Å². The van der Waals surface area contributed by atoms with Crippen LogP contribution in [0.3, 0.4) is 0 Å². The number of aliphatic hydroxyl groups excluding tert-OH is 1. The Hall–Kier alpha value is -1.10. The average Bonchev–Trinajstić information content (AvgIpc) is 1.65. The predicted molar refractivity (Wildman–Crippen MR) is 21.2 cm³/mol. The number of carbonyl (C=O) groups is 2. The highest BCUT2D eigenvalue weighted by Crippen LogP contribution is 1.75. The van der Waals surface area contributed by atoms with Crippen LogP contribution in [0.2, 0.25) is 0 Å². The van der Waals surface area contributed by atoms with Gasteiger partial charge in [-0.1, -0.05) is 0 Å². The number of ether oxygens (including phenoxy) is 1. The van der Waals surface area contributed by atoms with E-state index >= 15 is 0 Å². The fraction of sp³-hybridized carbons (Fsp3) is 0.333. The molecule has 0 aromatic carbocycles. The van der Waals surface area contributed by atoms with Gasteiger partial charge in [-0.25, -0.2) is 9.59 Å². The van der Waals surface area contributed by atoms with E-state index in [1.807, 2.05) is 0 Å². The molecule has 0 fully saturated rings. The lowest BCUT2D eigenvalue weighted by atomic mass is 10.7. The quantitative estimate of drug-likeness (QED) is 0.349. The van der Waals surface area contributed by atoms with E-state index in [2.05, 4.69) is 4.74 Å². The van der Waals surface area contributed by atoms with Crippen LogP contribution in [0, 0.1) is 0 Å². The van der Waals surface area contributed by atoms with Gasteiger partial charge in [0.15, 0.2) is 0 Å². The van der Waals surface area contributed by atoms with Crippen molar-refractivity contribution in [2.24, 2.45) is 0 Å². The molecule has 0 rings (SSSR count). The van der Waals surface area contributed by atoms with Crippen LogP contribution < -0.4 is 0 Å². The molecule has 5 nitrogen and oxygen atoms in total. The minimum absolute atomic E-state index is 0.910. The third-order valence-electron chi connectivity index (χ3n) is 0.330. The van der Waals surface area contributed by atoms with E-state index in [9.17, 15) is 9.59 Å². The highest BCUT2D eigenvalue weighted by molar-refractivity contribution is 5.81. The Morgan fingerprint density at radius 3 is 2.12 bits per heavy atom. The lowest BCUT2D eigenvalue weighted by Crippen LogP contribution is -2.12. The molecule has 0 saturated heterocycles. The number of aliphatic hydroxyl groups is 1. The minimum Gasteiger partial charge on any atom is -0.449 e. The Bertz CT molecular complexity index is 106. The van der Waals surface area contributed by atoms with Crippen LogP contribution in [-0.4, -0.2) is 28.9 Å². The minimum atomic E-state index is -1.70. The molecule has 0 aliphatic rings. The van der Waals surface area contributed by atoms with Gasteiger partial charge in [0.1, 0.15) is 6.61 Å². The van der Waals surface area contributed by atoms with Gasteiger partial charge in [-0.05, 0) is 0 Å². The summed E-state index contributed by atoms with van der Waals surface area (Å²) in [7, 11) is 0. The number of rotatable bonds is 1. The maximum Gasteiger partial charge on any atom is 0.513 e. The standard InChI is InChI=1S/C3H4O5/c4-1-2(5)8-3(6)7/h4H,1H2,(H,6,7). The SMILES string of the molecule is O=C(O)OC(=O)CO. The highest BCUT2D eigenvalue weighted by atomic mass is 16.7. The summed E-state index contributed by atoms with van der Waals surface area (Å²) in [5.41, 5.74) is 0. The molecule has 0 heterocycles. The van der Waals surface area contributed by atoms with Gasteiger partial charge < -0.3 is 14.9 Å². The first-order chi connectivity index (χ1) is 3.66. The summed E-state index contributed by atoms with van der Waals surface area (Å²) in [5.74, 6) is -1.17. The Balaban J connectivity index is 3.40. The summed E-state index contributed by atoms with van der Waals surface area (Å²) in [6, 6.07) is 0. The highest BCUT2D eigenvalue weighted by Gasteiger charge is 2.03. The van der Waals surface area contributed by atoms with Crippen LogP contribution in [0.25, 0.3) is 0 Å². The number of carboxylic acid groups (broad SMARTS) is 1. The molecule has 0 spiro atoms. The van der Waals surface area contributed by atoms with Crippen molar-refractivity contribution in [1.29, 1.82) is 0 Å². The van der Waals surface area contributed by atoms with Crippen LogP contribution in [0.1, 0.15) is 0 Å². The van der Waals surface area contributed by atoms with Crippen LogP contribution in [0.15, 0.2) is 0 Å². The van der Waals surface area contributed by atoms with E-state index in [-0.39, 0.29) is 0 Å². The summed E-state index contributed by atoms with van der Waals surface area (Å²) in [6.45, 7) is -0.910. The lowest BCUT2D eigenvalue weighted by Gasteiger charge is -1.89. The van der Waals surface area contributed by atoms with Gasteiger partial charge in [0.05, 0.1) is 0 Å². The van der Waals surface area contributed by atoms with E-state index in [1.165, 1.54) is 0 Å². The number of esters is 1. The number of carbonyl (C=O) groups excluding carboxylic acids is 1. The van der Waals surface area contributed by atoms with Crippen molar-refractivity contribution in [1.82, 2.24) is 0 Å². The summed E-state index contributed by atoms with van der Waals surface area (Å²) in [6.07, 6.45) is -1.70. The molecule has 46 valence electrons. The van der Waals surface area contributed by atoms with Crippen molar-refractivity contribution >= 4 is 12.1 Å². The Kier molecular flexibility index (Phi) is 2.57. The Morgan fingerprint density at radius 2 is 2.00 bits per heavy atom. The van der Waals surface area contributed by atoms with Crippen molar-refractivity contribution in [3.63, 3.8) is 0 Å². The molecule has 0 bridgehead atoms. The van der Waals surface area contributed by atoms with Crippen LogP contribution in [0.5, 0.6) is 0 Å². The summed E-state index contributed by atoms with van der Waals surface area (Å²) < 4.78 is 3.43. The second kappa shape index (κ2) is 2.98. The number of hydrogen-bond acceptors (Lipinski definition) is 4. The predicted octanol–water partition coefficient (Wildman–Crippen LogP) is -0.800. The van der Waals surface area contributed by atoms with E-state index in [0.29, 0.717) is 0 Å². The third-order valence-corrected chi connectivity index (χ3v) is 0.330. The molecule has 0 amide bonds. The maximum atomic E-state index is 9.77. The third kappa shape index (κ3) is 3.10. The molecule has 0 saturated carbocycles. The molecular weight excluding hydrogens is 116 g/mol. The summed E-state index contributed by atoms with van der Waals surface area (Å²) in [4.78, 5) is 19.2. The van der Waals surface area contributed by atoms with Crippen molar-refractivity contribution in [2.45, 2.75) is 0 Å². The molecule has 2 N–H and O–H groups in total. The molecule has 0 aromatic rings. The zero-order valence-corrected chi connectivity index (χ0v) is 3.83. The first kappa shape index (κ1) is 6.90. The Morgan fingerprint density at radius 1 is 1.50 bits per heavy atom. The molecule has 0 radical (unpaired) electrons. The van der Waals surface area contributed by atoms with Crippen LogP contribution in [0.4, 0.5) is 4.79 Å². The normalized spacial score (nSPS) is 8.12. The fourth-order valence-corrected chi connectivity index (χ4v) is 0.130. The van der Waals surface area contributed by atoms with E-state index in [4.69, 9.17) is 10.2 Å². The zero-order chi connectivity index (χ0) is 6.57. The second-order valence-corrected chi connectivity index (χ2v) is 0.898. The fourth-order valence-electron chi connectivity index (χ4n) is 0.130. The van der Waals surface area contributed by atoms with Gasteiger partial charge in [0, 0.05) is 0 Å². The molecule has 8 heavy (non-hydrogen) atoms. The first-order valence-electron chi connectivity index (χ1n) is 1.71. The van der Waals surface area contributed by atoms with E-state index in [0.717, 1.165) is 0 Å². The smallest absolute Gasteiger partial charge is 0.449 e. The lowest BCUT2D eigenvalue weighted by molar-refractivity contribution is -0.142. The molecular formula is C3H4O5. The van der Waals surface area contributed by atoms with Crippen molar-refractivity contribution in [3.05, 3.63) is 0 Å². The molecule has 0 aliphatic heterocycles. The molecule has 0 aromatic heterocycles.